The fraction of sp³-hybridized carbons (Fsp3) is 0.174. The maximum atomic E-state index is 12.5. The molecule has 4 rings (SSSR count). The molecular formula is C23H20O3. The lowest BCUT2D eigenvalue weighted by molar-refractivity contribution is -0.157. The SMILES string of the molecule is O=C(O)[C@]1(c2ccccc2)Oc2ccccc2[C@H]1CCc1ccccc1. The second-order valence-corrected chi connectivity index (χ2v) is 6.62. The monoisotopic (exact) mass is 344 g/mol. The number of aryl methyl sites for hydroxylation is 1. The van der Waals surface area contributed by atoms with Gasteiger partial charge in [-0.3, -0.25) is 0 Å². The van der Waals surface area contributed by atoms with Crippen molar-refractivity contribution in [2.24, 2.45) is 0 Å². The Hall–Kier alpha value is -3.07. The first-order valence-electron chi connectivity index (χ1n) is 8.82. The average Bonchev–Trinajstić information content (AvgIpc) is 3.03. The number of fused-ring (bicyclic) bond motifs is 1. The molecule has 130 valence electrons. The zero-order valence-electron chi connectivity index (χ0n) is 14.3. The van der Waals surface area contributed by atoms with Crippen LogP contribution in [0.5, 0.6) is 5.75 Å². The lowest BCUT2D eigenvalue weighted by atomic mass is 9.76. The normalized spacial score (nSPS) is 21.0. The van der Waals surface area contributed by atoms with Crippen LogP contribution in [0.2, 0.25) is 0 Å². The maximum absolute atomic E-state index is 12.5. The zero-order valence-corrected chi connectivity index (χ0v) is 14.3. The van der Waals surface area contributed by atoms with E-state index >= 15 is 0 Å². The highest BCUT2D eigenvalue weighted by Crippen LogP contribution is 2.52. The molecule has 0 fully saturated rings. The number of para-hydroxylation sites is 1. The third-order valence-electron chi connectivity index (χ3n) is 5.14. The van der Waals surface area contributed by atoms with Crippen LogP contribution >= 0.6 is 0 Å². The molecule has 2 atom stereocenters. The highest BCUT2D eigenvalue weighted by atomic mass is 16.5. The zero-order chi connectivity index (χ0) is 18.0. The molecule has 0 amide bonds. The van der Waals surface area contributed by atoms with Gasteiger partial charge in [0.2, 0.25) is 5.60 Å². The Morgan fingerprint density at radius 3 is 2.19 bits per heavy atom. The highest BCUT2D eigenvalue weighted by molar-refractivity contribution is 5.83. The molecule has 1 aliphatic heterocycles. The Morgan fingerprint density at radius 1 is 0.885 bits per heavy atom. The van der Waals surface area contributed by atoms with E-state index in [0.29, 0.717) is 17.7 Å². The molecular weight excluding hydrogens is 324 g/mol. The number of benzene rings is 3. The van der Waals surface area contributed by atoms with Crippen molar-refractivity contribution in [3.63, 3.8) is 0 Å². The molecule has 0 radical (unpaired) electrons. The van der Waals surface area contributed by atoms with Crippen LogP contribution in [0, 0.1) is 0 Å². The van der Waals surface area contributed by atoms with E-state index in [2.05, 4.69) is 12.1 Å². The molecule has 0 spiro atoms. The van der Waals surface area contributed by atoms with Gasteiger partial charge in [-0.1, -0.05) is 78.9 Å². The molecule has 0 aliphatic carbocycles. The minimum atomic E-state index is -1.39. The number of hydrogen-bond donors (Lipinski definition) is 1. The largest absolute Gasteiger partial charge is 0.478 e. The lowest BCUT2D eigenvalue weighted by Gasteiger charge is -2.31. The van der Waals surface area contributed by atoms with Gasteiger partial charge in [0.1, 0.15) is 5.75 Å². The van der Waals surface area contributed by atoms with Gasteiger partial charge in [0.15, 0.2) is 0 Å². The molecule has 3 nitrogen and oxygen atoms in total. The second kappa shape index (κ2) is 6.68. The summed E-state index contributed by atoms with van der Waals surface area (Å²) in [5.74, 6) is -0.534. The fourth-order valence-corrected chi connectivity index (χ4v) is 3.90. The topological polar surface area (TPSA) is 46.5 Å². The highest BCUT2D eigenvalue weighted by Gasteiger charge is 2.55. The van der Waals surface area contributed by atoms with Gasteiger partial charge in [-0.2, -0.15) is 0 Å². The van der Waals surface area contributed by atoms with E-state index in [-0.39, 0.29) is 5.92 Å². The molecule has 0 bridgehead atoms. The Balaban J connectivity index is 1.78. The lowest BCUT2D eigenvalue weighted by Crippen LogP contribution is -2.43. The number of ether oxygens (including phenoxy) is 1. The average molecular weight is 344 g/mol. The molecule has 0 saturated heterocycles. The number of rotatable bonds is 5. The van der Waals surface area contributed by atoms with Gasteiger partial charge >= 0.3 is 5.97 Å². The van der Waals surface area contributed by atoms with E-state index in [1.807, 2.05) is 72.8 Å². The Labute approximate surface area is 152 Å². The molecule has 0 aromatic heterocycles. The molecule has 1 aliphatic rings. The molecule has 1 heterocycles. The molecule has 26 heavy (non-hydrogen) atoms. The summed E-state index contributed by atoms with van der Waals surface area (Å²) in [5, 5.41) is 10.2. The minimum absolute atomic E-state index is 0.251. The van der Waals surface area contributed by atoms with Crippen LogP contribution in [0.3, 0.4) is 0 Å². The van der Waals surface area contributed by atoms with Crippen molar-refractivity contribution in [1.29, 1.82) is 0 Å². The van der Waals surface area contributed by atoms with E-state index in [4.69, 9.17) is 4.74 Å². The Morgan fingerprint density at radius 2 is 1.50 bits per heavy atom. The van der Waals surface area contributed by atoms with Crippen molar-refractivity contribution >= 4 is 5.97 Å². The van der Waals surface area contributed by atoms with Crippen LogP contribution in [0.4, 0.5) is 0 Å². The summed E-state index contributed by atoms with van der Waals surface area (Å²) in [6, 6.07) is 27.1. The number of carboxylic acid groups (broad SMARTS) is 1. The Bertz CT molecular complexity index is 905. The summed E-state index contributed by atoms with van der Waals surface area (Å²) in [4.78, 5) is 12.5. The first-order chi connectivity index (χ1) is 12.7. The number of carboxylic acids is 1. The minimum Gasteiger partial charge on any atom is -0.478 e. The molecule has 0 saturated carbocycles. The predicted molar refractivity (Wildman–Crippen MR) is 100 cm³/mol. The summed E-state index contributed by atoms with van der Waals surface area (Å²) in [6.45, 7) is 0. The second-order valence-electron chi connectivity index (χ2n) is 6.62. The fourth-order valence-electron chi connectivity index (χ4n) is 3.90. The Kier molecular flexibility index (Phi) is 4.21. The quantitative estimate of drug-likeness (QED) is 0.725. The van der Waals surface area contributed by atoms with Crippen molar-refractivity contribution in [3.05, 3.63) is 102 Å². The van der Waals surface area contributed by atoms with E-state index in [0.717, 1.165) is 12.0 Å². The molecule has 3 heteroatoms. The van der Waals surface area contributed by atoms with Gasteiger partial charge in [-0.05, 0) is 24.5 Å². The number of hydrogen-bond acceptors (Lipinski definition) is 2. The van der Waals surface area contributed by atoms with Crippen molar-refractivity contribution in [1.82, 2.24) is 0 Å². The standard InChI is InChI=1S/C23H20O3/c24-22(25)23(18-11-5-2-6-12-18)20(16-15-17-9-3-1-4-10-17)19-13-7-8-14-21(19)26-23/h1-14,20H,15-16H2,(H,24,25)/t20-,23-/m1/s1. The van der Waals surface area contributed by atoms with Crippen LogP contribution < -0.4 is 4.74 Å². The van der Waals surface area contributed by atoms with Crippen LogP contribution in [0.1, 0.15) is 29.0 Å². The smallest absolute Gasteiger partial charge is 0.353 e. The number of aliphatic carboxylic acids is 1. The van der Waals surface area contributed by atoms with Crippen molar-refractivity contribution in [2.45, 2.75) is 24.4 Å². The third kappa shape index (κ3) is 2.66. The van der Waals surface area contributed by atoms with Crippen LogP contribution in [0.25, 0.3) is 0 Å². The van der Waals surface area contributed by atoms with Gasteiger partial charge in [-0.15, -0.1) is 0 Å². The van der Waals surface area contributed by atoms with Crippen molar-refractivity contribution in [3.8, 4) is 5.75 Å². The first kappa shape index (κ1) is 16.4. The maximum Gasteiger partial charge on any atom is 0.353 e. The van der Waals surface area contributed by atoms with Gasteiger partial charge in [0, 0.05) is 17.0 Å². The van der Waals surface area contributed by atoms with Crippen molar-refractivity contribution in [2.75, 3.05) is 0 Å². The first-order valence-corrected chi connectivity index (χ1v) is 8.82. The summed E-state index contributed by atoms with van der Waals surface area (Å²) < 4.78 is 6.14. The van der Waals surface area contributed by atoms with E-state index < -0.39 is 11.6 Å². The van der Waals surface area contributed by atoms with E-state index in [9.17, 15) is 9.90 Å². The summed E-state index contributed by atoms with van der Waals surface area (Å²) in [7, 11) is 0. The van der Waals surface area contributed by atoms with Crippen LogP contribution in [-0.4, -0.2) is 11.1 Å². The van der Waals surface area contributed by atoms with Gasteiger partial charge in [0.05, 0.1) is 0 Å². The summed E-state index contributed by atoms with van der Waals surface area (Å²) >= 11 is 0. The summed E-state index contributed by atoms with van der Waals surface area (Å²) in [5.41, 5.74) is 1.46. The van der Waals surface area contributed by atoms with Crippen LogP contribution in [-0.2, 0) is 16.8 Å². The molecule has 3 aromatic rings. The van der Waals surface area contributed by atoms with Crippen molar-refractivity contribution < 1.29 is 14.6 Å². The van der Waals surface area contributed by atoms with E-state index in [1.54, 1.807) is 0 Å². The summed E-state index contributed by atoms with van der Waals surface area (Å²) in [6.07, 6.45) is 1.49. The van der Waals surface area contributed by atoms with Gasteiger partial charge < -0.3 is 9.84 Å². The molecule has 0 unspecified atom stereocenters. The van der Waals surface area contributed by atoms with Crippen LogP contribution in [0.15, 0.2) is 84.9 Å². The van der Waals surface area contributed by atoms with Gasteiger partial charge in [0.25, 0.3) is 0 Å². The molecule has 1 N–H and O–H groups in total. The molecule has 3 aromatic carbocycles. The number of carbonyl (C=O) groups is 1. The predicted octanol–water partition coefficient (Wildman–Crippen LogP) is 4.78. The van der Waals surface area contributed by atoms with Gasteiger partial charge in [-0.25, -0.2) is 4.79 Å². The third-order valence-corrected chi connectivity index (χ3v) is 5.14. The van der Waals surface area contributed by atoms with E-state index in [1.165, 1.54) is 5.56 Å².